The van der Waals surface area contributed by atoms with Gasteiger partial charge in [0.2, 0.25) is 5.79 Å². The second-order valence-corrected chi connectivity index (χ2v) is 17.8. The molecule has 13 heteroatoms. The number of hydrogen-bond acceptors (Lipinski definition) is 12. The van der Waals surface area contributed by atoms with Gasteiger partial charge in [-0.25, -0.2) is 9.59 Å². The van der Waals surface area contributed by atoms with E-state index in [0.29, 0.717) is 44.9 Å². The van der Waals surface area contributed by atoms with E-state index in [4.69, 9.17) is 28.4 Å². The number of cyclic esters (lactones) is 1. The number of methoxy groups -OCH3 is 3. The summed E-state index contributed by atoms with van der Waals surface area (Å²) >= 11 is 0. The fourth-order valence-corrected chi connectivity index (χ4v) is 10.1. The molecule has 58 heavy (non-hydrogen) atoms. The van der Waals surface area contributed by atoms with E-state index in [9.17, 15) is 29.4 Å². The van der Waals surface area contributed by atoms with Crippen molar-refractivity contribution in [2.24, 2.45) is 29.6 Å². The van der Waals surface area contributed by atoms with Gasteiger partial charge in [-0.15, -0.1) is 0 Å². The third-order valence-corrected chi connectivity index (χ3v) is 13.5. The van der Waals surface area contributed by atoms with Gasteiger partial charge in [0.05, 0.1) is 24.4 Å². The molecular weight excluding hydrogens is 746 g/mol. The van der Waals surface area contributed by atoms with Gasteiger partial charge in [0.1, 0.15) is 24.4 Å². The summed E-state index contributed by atoms with van der Waals surface area (Å²) in [5.74, 6) is -6.93. The number of allylic oxidation sites excluding steroid dienone is 3. The number of amides is 1. The Morgan fingerprint density at radius 2 is 1.62 bits per heavy atom. The van der Waals surface area contributed by atoms with Crippen LogP contribution in [-0.2, 0) is 47.6 Å². The maximum absolute atomic E-state index is 14.5. The summed E-state index contributed by atoms with van der Waals surface area (Å²) < 4.78 is 36.1. The topological polar surface area (TPSA) is 167 Å². The molecule has 3 fully saturated rings. The van der Waals surface area contributed by atoms with E-state index in [1.807, 2.05) is 13.8 Å². The molecule has 4 bridgehead atoms. The van der Waals surface area contributed by atoms with Crippen molar-refractivity contribution in [2.45, 2.75) is 167 Å². The number of Topliss-reactive ketones (excluding diaryl/α,β-unsaturated/α-hetero) is 1. The molecule has 5 rings (SSSR count). The van der Waals surface area contributed by atoms with Crippen LogP contribution in [0.1, 0.15) is 112 Å². The van der Waals surface area contributed by atoms with Gasteiger partial charge in [-0.2, -0.15) is 0 Å². The molecule has 1 amide bonds. The van der Waals surface area contributed by atoms with Crippen molar-refractivity contribution in [2.75, 3.05) is 27.9 Å². The van der Waals surface area contributed by atoms with Crippen LogP contribution in [0.25, 0.3) is 0 Å². The second kappa shape index (κ2) is 20.1. The van der Waals surface area contributed by atoms with Crippen molar-refractivity contribution in [1.82, 2.24) is 4.90 Å². The summed E-state index contributed by atoms with van der Waals surface area (Å²) in [5.41, 5.74) is 2.85. The third kappa shape index (κ3) is 10.3. The van der Waals surface area contributed by atoms with Crippen LogP contribution in [0.4, 0.5) is 0 Å². The van der Waals surface area contributed by atoms with Crippen LogP contribution in [0.15, 0.2) is 34.9 Å². The molecule has 14 atom stereocenters. The normalized spacial score (nSPS) is 41.3. The van der Waals surface area contributed by atoms with Crippen LogP contribution in [0.2, 0.25) is 0 Å². The lowest BCUT2D eigenvalue weighted by Crippen LogP contribution is -2.64. The lowest BCUT2D eigenvalue weighted by molar-refractivity contribution is -0.302. The standard InChI is InChI=1S/C45H69NO12/c1-10-31-18-25(2)17-26(3)19-37(54-8)41-38(55-9)21-28(5)45(52,58-41)42(49)43(50)46-16-12-11-13-33(46)44(51)57-40(29(6)35-23-32(31)24-39(48)56-35)27(4)20-30-14-15-34(47)36(22-30)53-7/h18,20,24,26,28-31,33-38,40-41,47,52H,10-17,19,21-23H2,1-9H3/b25-18+,27-20+/t26-,28+,29+,30-,31+,33-,34+,35-,36+,37-,38-,40+,41+,45+/m0/s1. The summed E-state index contributed by atoms with van der Waals surface area (Å²) in [6.45, 7) is 11.9. The molecule has 0 radical (unpaired) electrons. The monoisotopic (exact) mass is 815 g/mol. The van der Waals surface area contributed by atoms with Crippen LogP contribution in [-0.4, -0.2) is 121 Å². The summed E-state index contributed by atoms with van der Waals surface area (Å²) in [6, 6.07) is -1.09. The number of ketones is 1. The Balaban J connectivity index is 1.57. The summed E-state index contributed by atoms with van der Waals surface area (Å²) in [7, 11) is 4.70. The summed E-state index contributed by atoms with van der Waals surface area (Å²) in [6.07, 6.45) is 7.58. The smallest absolute Gasteiger partial charge is 0.331 e. The Kier molecular flexibility index (Phi) is 16.0. The average molecular weight is 816 g/mol. The fraction of sp³-hybridized carbons (Fsp3) is 0.778. The molecule has 1 aliphatic carbocycles. The molecule has 0 spiro atoms. The largest absolute Gasteiger partial charge is 0.458 e. The van der Waals surface area contributed by atoms with Crippen molar-refractivity contribution in [3.05, 3.63) is 34.9 Å². The molecule has 0 aromatic heterocycles. The van der Waals surface area contributed by atoms with Gasteiger partial charge in [0, 0.05) is 52.2 Å². The van der Waals surface area contributed by atoms with Gasteiger partial charge in [0.15, 0.2) is 0 Å². The van der Waals surface area contributed by atoms with E-state index in [1.165, 1.54) is 4.90 Å². The Hall–Kier alpha value is -2.94. The minimum atomic E-state index is -2.48. The number of aliphatic hydroxyl groups excluding tert-OH is 1. The number of carbonyl (C=O) groups excluding carboxylic acids is 4. The maximum atomic E-state index is 14.5. The number of aliphatic hydroxyl groups is 2. The molecule has 2 saturated heterocycles. The van der Waals surface area contributed by atoms with Crippen molar-refractivity contribution < 1.29 is 57.8 Å². The predicted octanol–water partition coefficient (Wildman–Crippen LogP) is 5.39. The minimum Gasteiger partial charge on any atom is -0.458 e. The first-order chi connectivity index (χ1) is 27.5. The molecule has 4 aliphatic heterocycles. The summed E-state index contributed by atoms with van der Waals surface area (Å²) in [4.78, 5) is 57.6. The molecule has 4 heterocycles. The van der Waals surface area contributed by atoms with E-state index >= 15 is 0 Å². The molecule has 0 unspecified atom stereocenters. The van der Waals surface area contributed by atoms with Gasteiger partial charge in [-0.05, 0) is 101 Å². The number of fused-ring (bicyclic) bond motifs is 5. The van der Waals surface area contributed by atoms with Crippen molar-refractivity contribution in [3.8, 4) is 0 Å². The number of rotatable bonds is 6. The number of hydrogen-bond donors (Lipinski definition) is 2. The zero-order valence-electron chi connectivity index (χ0n) is 36.1. The Labute approximate surface area is 344 Å². The van der Waals surface area contributed by atoms with E-state index in [-0.39, 0.29) is 43.2 Å². The number of ether oxygens (including phenoxy) is 6. The molecule has 0 aromatic rings. The Morgan fingerprint density at radius 1 is 0.931 bits per heavy atom. The second-order valence-electron chi connectivity index (χ2n) is 17.8. The fourth-order valence-electron chi connectivity index (χ4n) is 10.1. The van der Waals surface area contributed by atoms with Crippen molar-refractivity contribution >= 4 is 23.6 Å². The zero-order valence-corrected chi connectivity index (χ0v) is 36.1. The van der Waals surface area contributed by atoms with E-state index < -0.39 is 83.9 Å². The van der Waals surface area contributed by atoms with Gasteiger partial charge in [0.25, 0.3) is 11.7 Å². The van der Waals surface area contributed by atoms with E-state index in [1.54, 1.807) is 34.3 Å². The first kappa shape index (κ1) is 46.1. The molecule has 326 valence electrons. The minimum absolute atomic E-state index is 0.0248. The quantitative estimate of drug-likeness (QED) is 0.200. The van der Waals surface area contributed by atoms with E-state index in [0.717, 1.165) is 29.6 Å². The lowest BCUT2D eigenvalue weighted by Gasteiger charge is -2.47. The van der Waals surface area contributed by atoms with Gasteiger partial charge < -0.3 is 43.5 Å². The predicted molar refractivity (Wildman–Crippen MR) is 215 cm³/mol. The van der Waals surface area contributed by atoms with Crippen LogP contribution in [0.5, 0.6) is 0 Å². The highest BCUT2D eigenvalue weighted by atomic mass is 16.7. The number of nitrogens with zero attached hydrogens (tertiary/aromatic N) is 1. The molecule has 0 aromatic carbocycles. The van der Waals surface area contributed by atoms with Crippen LogP contribution in [0, 0.1) is 29.6 Å². The highest BCUT2D eigenvalue weighted by Crippen LogP contribution is 2.40. The SMILES string of the molecule is CC[C@@H]1/C=C(\C)C[C@H](C)C[C@H](OC)[C@H]2O[C@@](O)(C(=O)C(=O)N3CCCC[C@H]3C(=O)O[C@H](/C(C)=C/[C@@H]3CC[C@@H](O)[C@H](OC)C3)[C@H](C)[C@@H]3CC1=CC(=O)O3)[C@H](C)C[C@@H]2OC. The Morgan fingerprint density at radius 3 is 2.29 bits per heavy atom. The molecule has 1 saturated carbocycles. The lowest BCUT2D eigenvalue weighted by atomic mass is 9.80. The molecule has 5 aliphatic rings. The Bertz CT molecular complexity index is 1570. The number of carbonyl (C=O) groups is 4. The van der Waals surface area contributed by atoms with Gasteiger partial charge in [-0.3, -0.25) is 9.59 Å². The van der Waals surface area contributed by atoms with Crippen LogP contribution >= 0.6 is 0 Å². The third-order valence-electron chi connectivity index (χ3n) is 13.5. The zero-order chi connectivity index (χ0) is 42.5. The van der Waals surface area contributed by atoms with Crippen LogP contribution < -0.4 is 0 Å². The highest BCUT2D eigenvalue weighted by molar-refractivity contribution is 6.39. The average Bonchev–Trinajstić information content (AvgIpc) is 3.20. The summed E-state index contributed by atoms with van der Waals surface area (Å²) in [5, 5.41) is 22.6. The van der Waals surface area contributed by atoms with E-state index in [2.05, 4.69) is 32.9 Å². The van der Waals surface area contributed by atoms with Gasteiger partial charge in [-0.1, -0.05) is 51.0 Å². The first-order valence-electron chi connectivity index (χ1n) is 21.5. The maximum Gasteiger partial charge on any atom is 0.331 e. The molecule has 13 nitrogen and oxygen atoms in total. The van der Waals surface area contributed by atoms with Crippen LogP contribution in [0.3, 0.4) is 0 Å². The molecular formula is C45H69NO12. The van der Waals surface area contributed by atoms with Gasteiger partial charge >= 0.3 is 11.9 Å². The molecule has 2 N–H and O–H groups in total. The van der Waals surface area contributed by atoms with Crippen molar-refractivity contribution in [1.29, 1.82) is 0 Å². The first-order valence-corrected chi connectivity index (χ1v) is 21.5. The number of esters is 2. The number of piperidine rings is 1. The van der Waals surface area contributed by atoms with Crippen molar-refractivity contribution in [3.63, 3.8) is 0 Å². The highest BCUT2D eigenvalue weighted by Gasteiger charge is 2.56.